The summed E-state index contributed by atoms with van der Waals surface area (Å²) < 4.78 is 27.2. The van der Waals surface area contributed by atoms with E-state index < -0.39 is 16.2 Å². The number of hydrogen-bond acceptors (Lipinski definition) is 3. The van der Waals surface area contributed by atoms with Crippen LogP contribution in [0.4, 0.5) is 0 Å². The van der Waals surface area contributed by atoms with E-state index in [1.54, 1.807) is 6.07 Å². The number of sulfonamides is 1. The zero-order chi connectivity index (χ0) is 14.0. The Labute approximate surface area is 127 Å². The SMILES string of the molecule is NC1CCCCCN1S(=O)(=O)c1ccc(Cl)c(Br)c1. The van der Waals surface area contributed by atoms with Gasteiger partial charge in [0.05, 0.1) is 16.1 Å². The van der Waals surface area contributed by atoms with Crippen LogP contribution in [0.25, 0.3) is 0 Å². The van der Waals surface area contributed by atoms with Gasteiger partial charge in [-0.25, -0.2) is 8.42 Å². The lowest BCUT2D eigenvalue weighted by Crippen LogP contribution is -2.45. The van der Waals surface area contributed by atoms with E-state index >= 15 is 0 Å². The predicted octanol–water partition coefficient (Wildman–Crippen LogP) is 2.95. The number of hydrogen-bond donors (Lipinski definition) is 1. The molecule has 2 rings (SSSR count). The molecule has 1 aliphatic rings. The number of rotatable bonds is 2. The lowest BCUT2D eigenvalue weighted by Gasteiger charge is -2.26. The molecule has 4 nitrogen and oxygen atoms in total. The van der Waals surface area contributed by atoms with Crippen molar-refractivity contribution in [3.8, 4) is 0 Å². The van der Waals surface area contributed by atoms with Crippen LogP contribution < -0.4 is 5.73 Å². The molecule has 0 saturated carbocycles. The quantitative estimate of drug-likeness (QED) is 0.874. The first-order chi connectivity index (χ1) is 8.93. The van der Waals surface area contributed by atoms with Gasteiger partial charge >= 0.3 is 0 Å². The summed E-state index contributed by atoms with van der Waals surface area (Å²) in [6.45, 7) is 0.476. The third-order valence-electron chi connectivity index (χ3n) is 3.25. The minimum absolute atomic E-state index is 0.223. The van der Waals surface area contributed by atoms with Crippen molar-refractivity contribution in [1.82, 2.24) is 4.31 Å². The van der Waals surface area contributed by atoms with Gasteiger partial charge in [-0.05, 0) is 47.0 Å². The zero-order valence-electron chi connectivity index (χ0n) is 10.4. The molecule has 106 valence electrons. The van der Waals surface area contributed by atoms with Crippen LogP contribution in [-0.4, -0.2) is 25.4 Å². The summed E-state index contributed by atoms with van der Waals surface area (Å²) in [5.41, 5.74) is 5.98. The Morgan fingerprint density at radius 3 is 2.74 bits per heavy atom. The first-order valence-electron chi connectivity index (χ1n) is 6.15. The van der Waals surface area contributed by atoms with Gasteiger partial charge in [-0.2, -0.15) is 4.31 Å². The molecule has 0 amide bonds. The van der Waals surface area contributed by atoms with E-state index in [9.17, 15) is 8.42 Å². The molecule has 1 aliphatic heterocycles. The Balaban J connectivity index is 2.37. The van der Waals surface area contributed by atoms with E-state index in [1.165, 1.54) is 16.4 Å². The van der Waals surface area contributed by atoms with Gasteiger partial charge in [0, 0.05) is 11.0 Å². The highest BCUT2D eigenvalue weighted by molar-refractivity contribution is 9.10. The molecule has 0 bridgehead atoms. The van der Waals surface area contributed by atoms with Gasteiger partial charge in [-0.3, -0.25) is 0 Å². The van der Waals surface area contributed by atoms with E-state index in [1.807, 2.05) is 0 Å². The molecule has 1 fully saturated rings. The molecule has 1 aromatic rings. The van der Waals surface area contributed by atoms with Crippen molar-refractivity contribution >= 4 is 37.6 Å². The van der Waals surface area contributed by atoms with Crippen molar-refractivity contribution < 1.29 is 8.42 Å². The standard InChI is InChI=1S/C12H16BrClN2O2S/c13-10-8-9(5-6-11(10)14)19(17,18)16-7-3-1-2-4-12(16)15/h5-6,8,12H,1-4,7,15H2. The Hall–Kier alpha value is -0.140. The molecule has 0 radical (unpaired) electrons. The average molecular weight is 368 g/mol. The Morgan fingerprint density at radius 1 is 1.32 bits per heavy atom. The second-order valence-corrected chi connectivity index (χ2v) is 7.76. The van der Waals surface area contributed by atoms with E-state index in [4.69, 9.17) is 17.3 Å². The Morgan fingerprint density at radius 2 is 2.05 bits per heavy atom. The van der Waals surface area contributed by atoms with Crippen molar-refractivity contribution in [2.45, 2.75) is 36.7 Å². The van der Waals surface area contributed by atoms with Crippen molar-refractivity contribution in [1.29, 1.82) is 0 Å². The lowest BCUT2D eigenvalue weighted by molar-refractivity contribution is 0.329. The highest BCUT2D eigenvalue weighted by Crippen LogP contribution is 2.28. The maximum Gasteiger partial charge on any atom is 0.244 e. The van der Waals surface area contributed by atoms with Crippen LogP contribution in [-0.2, 0) is 10.0 Å². The molecule has 1 aromatic carbocycles. The summed E-state index contributed by atoms with van der Waals surface area (Å²) in [5.74, 6) is 0. The molecular formula is C12H16BrClN2O2S. The van der Waals surface area contributed by atoms with Crippen LogP contribution in [0.2, 0.25) is 5.02 Å². The minimum atomic E-state index is -3.55. The van der Waals surface area contributed by atoms with E-state index in [0.29, 0.717) is 22.5 Å². The predicted molar refractivity (Wildman–Crippen MR) is 79.5 cm³/mol. The molecule has 19 heavy (non-hydrogen) atoms. The smallest absolute Gasteiger partial charge is 0.244 e. The van der Waals surface area contributed by atoms with Crippen molar-refractivity contribution in [3.05, 3.63) is 27.7 Å². The fourth-order valence-electron chi connectivity index (χ4n) is 2.18. The van der Waals surface area contributed by atoms with Gasteiger partial charge in [0.1, 0.15) is 0 Å². The third kappa shape index (κ3) is 3.31. The summed E-state index contributed by atoms with van der Waals surface area (Å²) in [5, 5.41) is 0.485. The zero-order valence-corrected chi connectivity index (χ0v) is 13.5. The van der Waals surface area contributed by atoms with E-state index in [-0.39, 0.29) is 4.90 Å². The second-order valence-electron chi connectivity index (χ2n) is 4.61. The number of halogens is 2. The summed E-state index contributed by atoms with van der Waals surface area (Å²) in [4.78, 5) is 0.223. The highest BCUT2D eigenvalue weighted by atomic mass is 79.9. The summed E-state index contributed by atoms with van der Waals surface area (Å²) in [7, 11) is -3.55. The van der Waals surface area contributed by atoms with Crippen molar-refractivity contribution in [2.75, 3.05) is 6.54 Å². The van der Waals surface area contributed by atoms with Gasteiger partial charge in [0.25, 0.3) is 0 Å². The van der Waals surface area contributed by atoms with Gasteiger partial charge < -0.3 is 5.73 Å². The number of nitrogens with zero attached hydrogens (tertiary/aromatic N) is 1. The molecule has 0 spiro atoms. The van der Waals surface area contributed by atoms with Crippen LogP contribution >= 0.6 is 27.5 Å². The largest absolute Gasteiger partial charge is 0.315 e. The van der Waals surface area contributed by atoms with E-state index in [0.717, 1.165) is 19.3 Å². The monoisotopic (exact) mass is 366 g/mol. The van der Waals surface area contributed by atoms with Crippen LogP contribution in [0, 0.1) is 0 Å². The average Bonchev–Trinajstić information content (AvgIpc) is 2.57. The maximum absolute atomic E-state index is 12.6. The van der Waals surface area contributed by atoms with Gasteiger partial charge in [-0.1, -0.05) is 24.4 Å². The molecule has 7 heteroatoms. The Bertz CT molecular complexity index is 565. The first kappa shape index (κ1) is 15.3. The molecule has 0 aliphatic carbocycles. The molecule has 1 saturated heterocycles. The fourth-order valence-corrected chi connectivity index (χ4v) is 4.44. The van der Waals surface area contributed by atoms with Crippen LogP contribution in [0.3, 0.4) is 0 Å². The second kappa shape index (κ2) is 6.10. The molecule has 0 aromatic heterocycles. The molecular weight excluding hydrogens is 352 g/mol. The normalized spacial score (nSPS) is 22.2. The van der Waals surface area contributed by atoms with E-state index in [2.05, 4.69) is 15.9 Å². The molecule has 2 N–H and O–H groups in total. The van der Waals surface area contributed by atoms with Crippen LogP contribution in [0.15, 0.2) is 27.6 Å². The first-order valence-corrected chi connectivity index (χ1v) is 8.76. The number of nitrogens with two attached hydrogens (primary N) is 1. The topological polar surface area (TPSA) is 63.4 Å². The van der Waals surface area contributed by atoms with Gasteiger partial charge in [0.2, 0.25) is 10.0 Å². The van der Waals surface area contributed by atoms with Crippen molar-refractivity contribution in [2.24, 2.45) is 5.73 Å². The summed E-state index contributed by atoms with van der Waals surface area (Å²) in [6.07, 6.45) is 3.10. The van der Waals surface area contributed by atoms with Crippen LogP contribution in [0.5, 0.6) is 0 Å². The lowest BCUT2D eigenvalue weighted by atomic mass is 10.2. The fraction of sp³-hybridized carbons (Fsp3) is 0.500. The van der Waals surface area contributed by atoms with Gasteiger partial charge in [-0.15, -0.1) is 0 Å². The minimum Gasteiger partial charge on any atom is -0.315 e. The summed E-state index contributed by atoms with van der Waals surface area (Å²) >= 11 is 9.14. The summed E-state index contributed by atoms with van der Waals surface area (Å²) in [6, 6.07) is 4.61. The highest BCUT2D eigenvalue weighted by Gasteiger charge is 2.30. The molecule has 1 unspecified atom stereocenters. The van der Waals surface area contributed by atoms with Crippen molar-refractivity contribution in [3.63, 3.8) is 0 Å². The third-order valence-corrected chi connectivity index (χ3v) is 6.38. The maximum atomic E-state index is 12.6. The van der Waals surface area contributed by atoms with Gasteiger partial charge in [0.15, 0.2) is 0 Å². The van der Waals surface area contributed by atoms with Crippen LogP contribution in [0.1, 0.15) is 25.7 Å². The molecule has 1 heterocycles. The molecule has 1 atom stereocenters. The Kier molecular flexibility index (Phi) is 4.89. The number of benzene rings is 1.